The molecule has 0 bridgehead atoms. The van der Waals surface area contributed by atoms with Crippen LogP contribution in [0, 0.1) is 0 Å². The number of nitrogens with one attached hydrogen (secondary N) is 1. The van der Waals surface area contributed by atoms with Crippen LogP contribution in [0.25, 0.3) is 0 Å². The Hall–Kier alpha value is -0.540. The highest BCUT2D eigenvalue weighted by atomic mass is 79.9. The first-order valence-electron chi connectivity index (χ1n) is 5.85. The summed E-state index contributed by atoms with van der Waals surface area (Å²) in [6, 6.07) is 7.23. The molecule has 2 nitrogen and oxygen atoms in total. The molecule has 1 aliphatic heterocycles. The van der Waals surface area contributed by atoms with Crippen LogP contribution in [0.5, 0.6) is 5.75 Å². The number of rotatable bonds is 2. The average Bonchev–Trinajstić information content (AvgIpc) is 2.40. The summed E-state index contributed by atoms with van der Waals surface area (Å²) in [7, 11) is 0. The van der Waals surface area contributed by atoms with Gasteiger partial charge in [0.25, 0.3) is 0 Å². The summed E-state index contributed by atoms with van der Waals surface area (Å²) in [5.41, 5.74) is 1.29. The Bertz CT molecular complexity index is 365. The maximum Gasteiger partial charge on any atom is 0.125 e. The second-order valence-corrected chi connectivity index (χ2v) is 5.46. The van der Waals surface area contributed by atoms with E-state index < -0.39 is 0 Å². The summed E-state index contributed by atoms with van der Waals surface area (Å²) in [6.07, 6.45) is 2.25. The van der Waals surface area contributed by atoms with E-state index in [2.05, 4.69) is 53.3 Å². The molecule has 16 heavy (non-hydrogen) atoms. The topological polar surface area (TPSA) is 21.3 Å². The summed E-state index contributed by atoms with van der Waals surface area (Å²) in [5, 5.41) is 3.60. The maximum absolute atomic E-state index is 5.77. The summed E-state index contributed by atoms with van der Waals surface area (Å²) in [5.74, 6) is 1.02. The van der Waals surface area contributed by atoms with Gasteiger partial charge in [0.05, 0.1) is 6.61 Å². The van der Waals surface area contributed by atoms with Crippen LogP contribution in [0.4, 0.5) is 0 Å². The van der Waals surface area contributed by atoms with Crippen molar-refractivity contribution >= 4 is 15.9 Å². The number of ether oxygens (including phenoxy) is 1. The van der Waals surface area contributed by atoms with Crippen LogP contribution in [-0.4, -0.2) is 12.6 Å². The van der Waals surface area contributed by atoms with E-state index >= 15 is 0 Å². The van der Waals surface area contributed by atoms with Crippen LogP contribution in [-0.2, 0) is 0 Å². The molecule has 0 radical (unpaired) electrons. The smallest absolute Gasteiger partial charge is 0.125 e. The van der Waals surface area contributed by atoms with Gasteiger partial charge in [-0.25, -0.2) is 0 Å². The van der Waals surface area contributed by atoms with Gasteiger partial charge in [-0.15, -0.1) is 0 Å². The Morgan fingerprint density at radius 2 is 2.25 bits per heavy atom. The molecule has 1 atom stereocenters. The van der Waals surface area contributed by atoms with Crippen molar-refractivity contribution in [3.63, 3.8) is 0 Å². The maximum atomic E-state index is 5.77. The summed E-state index contributed by atoms with van der Waals surface area (Å²) in [6.45, 7) is 5.19. The first kappa shape index (κ1) is 11.9. The van der Waals surface area contributed by atoms with Crippen molar-refractivity contribution < 1.29 is 4.74 Å². The molecule has 1 heterocycles. The summed E-state index contributed by atoms with van der Waals surface area (Å²) in [4.78, 5) is 0. The lowest BCUT2D eigenvalue weighted by Crippen LogP contribution is -2.27. The van der Waals surface area contributed by atoms with Gasteiger partial charge in [0.15, 0.2) is 0 Å². The fourth-order valence-corrected chi connectivity index (χ4v) is 2.46. The minimum absolute atomic E-state index is 0.422. The molecular weight excluding hydrogens is 266 g/mol. The molecular formula is C13H18BrNO. The normalized spacial score (nSPS) is 20.1. The van der Waals surface area contributed by atoms with Crippen molar-refractivity contribution in [3.05, 3.63) is 28.2 Å². The molecule has 0 saturated carbocycles. The van der Waals surface area contributed by atoms with E-state index in [4.69, 9.17) is 4.74 Å². The van der Waals surface area contributed by atoms with E-state index in [1.165, 1.54) is 5.56 Å². The molecule has 1 aliphatic rings. The third kappa shape index (κ3) is 2.77. The molecule has 0 amide bonds. The Morgan fingerprint density at radius 1 is 1.44 bits per heavy atom. The quantitative estimate of drug-likeness (QED) is 0.894. The molecule has 1 aromatic carbocycles. The van der Waals surface area contributed by atoms with E-state index in [0.717, 1.165) is 29.7 Å². The third-order valence-corrected chi connectivity index (χ3v) is 3.27. The third-order valence-electron chi connectivity index (χ3n) is 2.78. The highest BCUT2D eigenvalue weighted by Gasteiger charge is 2.20. The van der Waals surface area contributed by atoms with Gasteiger partial charge in [0.1, 0.15) is 5.75 Å². The number of fused-ring (bicyclic) bond motifs is 1. The van der Waals surface area contributed by atoms with Crippen molar-refractivity contribution in [1.82, 2.24) is 5.32 Å². The van der Waals surface area contributed by atoms with E-state index in [1.807, 2.05) is 0 Å². The monoisotopic (exact) mass is 283 g/mol. The van der Waals surface area contributed by atoms with Gasteiger partial charge in [0.2, 0.25) is 0 Å². The zero-order valence-electron chi connectivity index (χ0n) is 9.79. The number of hydrogen-bond acceptors (Lipinski definition) is 2. The van der Waals surface area contributed by atoms with Crippen LogP contribution in [0.15, 0.2) is 22.7 Å². The molecule has 0 aromatic heterocycles. The fourth-order valence-electron chi connectivity index (χ4n) is 2.12. The molecule has 0 saturated heterocycles. The first-order chi connectivity index (χ1) is 7.66. The van der Waals surface area contributed by atoms with Crippen molar-refractivity contribution in [2.75, 3.05) is 6.61 Å². The van der Waals surface area contributed by atoms with Crippen LogP contribution < -0.4 is 10.1 Å². The molecule has 1 N–H and O–H groups in total. The average molecular weight is 284 g/mol. The highest BCUT2D eigenvalue weighted by Crippen LogP contribution is 2.33. The SMILES string of the molecule is CC(C)NC1CCCOc2cc(Br)ccc21. The molecule has 0 fully saturated rings. The molecule has 1 unspecified atom stereocenters. The van der Waals surface area contributed by atoms with Gasteiger partial charge in [0, 0.05) is 22.1 Å². The molecule has 88 valence electrons. The van der Waals surface area contributed by atoms with Gasteiger partial charge in [-0.05, 0) is 25.0 Å². The standard InChI is InChI=1S/C13H18BrNO/c1-9(2)15-12-4-3-7-16-13-8-10(14)5-6-11(12)13/h5-6,8-9,12,15H,3-4,7H2,1-2H3. The molecule has 0 aliphatic carbocycles. The van der Waals surface area contributed by atoms with Crippen molar-refractivity contribution in [2.24, 2.45) is 0 Å². The van der Waals surface area contributed by atoms with E-state index in [1.54, 1.807) is 0 Å². The zero-order chi connectivity index (χ0) is 11.5. The Balaban J connectivity index is 2.29. The van der Waals surface area contributed by atoms with E-state index in [9.17, 15) is 0 Å². The lowest BCUT2D eigenvalue weighted by molar-refractivity contribution is 0.314. The lowest BCUT2D eigenvalue weighted by Gasteiger charge is -2.21. The molecule has 3 heteroatoms. The second kappa shape index (κ2) is 5.19. The van der Waals surface area contributed by atoms with E-state index in [0.29, 0.717) is 12.1 Å². The second-order valence-electron chi connectivity index (χ2n) is 4.55. The van der Waals surface area contributed by atoms with Gasteiger partial charge in [-0.2, -0.15) is 0 Å². The molecule has 1 aromatic rings. The van der Waals surface area contributed by atoms with Crippen LogP contribution in [0.3, 0.4) is 0 Å². The largest absolute Gasteiger partial charge is 0.493 e. The first-order valence-corrected chi connectivity index (χ1v) is 6.64. The summed E-state index contributed by atoms with van der Waals surface area (Å²) < 4.78 is 6.85. The van der Waals surface area contributed by atoms with Gasteiger partial charge >= 0.3 is 0 Å². The van der Waals surface area contributed by atoms with Crippen LogP contribution in [0.2, 0.25) is 0 Å². The van der Waals surface area contributed by atoms with Crippen LogP contribution in [0.1, 0.15) is 38.3 Å². The Morgan fingerprint density at radius 3 is 3.00 bits per heavy atom. The minimum Gasteiger partial charge on any atom is -0.493 e. The molecule has 0 spiro atoms. The number of benzene rings is 1. The van der Waals surface area contributed by atoms with Crippen LogP contribution >= 0.6 is 15.9 Å². The van der Waals surface area contributed by atoms with Gasteiger partial charge < -0.3 is 10.1 Å². The summed E-state index contributed by atoms with van der Waals surface area (Å²) >= 11 is 3.49. The number of hydrogen-bond donors (Lipinski definition) is 1. The highest BCUT2D eigenvalue weighted by molar-refractivity contribution is 9.10. The predicted molar refractivity (Wildman–Crippen MR) is 69.9 cm³/mol. The lowest BCUT2D eigenvalue weighted by atomic mass is 10.0. The van der Waals surface area contributed by atoms with Crippen molar-refractivity contribution in [3.8, 4) is 5.75 Å². The zero-order valence-corrected chi connectivity index (χ0v) is 11.4. The van der Waals surface area contributed by atoms with Gasteiger partial charge in [-0.3, -0.25) is 0 Å². The van der Waals surface area contributed by atoms with Gasteiger partial charge in [-0.1, -0.05) is 35.8 Å². The Kier molecular flexibility index (Phi) is 3.87. The van der Waals surface area contributed by atoms with E-state index in [-0.39, 0.29) is 0 Å². The predicted octanol–water partition coefficient (Wildman–Crippen LogP) is 3.66. The fraction of sp³-hybridized carbons (Fsp3) is 0.538. The minimum atomic E-state index is 0.422. The van der Waals surface area contributed by atoms with Crippen molar-refractivity contribution in [2.45, 2.75) is 38.8 Å². The molecule has 2 rings (SSSR count). The number of halogens is 1. The Labute approximate surface area is 106 Å². The van der Waals surface area contributed by atoms with Crippen molar-refractivity contribution in [1.29, 1.82) is 0 Å².